The number of esters is 2. The van der Waals surface area contributed by atoms with Gasteiger partial charge in [-0.05, 0) is 128 Å². The predicted molar refractivity (Wildman–Crippen MR) is 218 cm³/mol. The molecule has 0 radical (unpaired) electrons. The Labute approximate surface area is 330 Å². The highest BCUT2D eigenvalue weighted by atomic mass is 16.7. The Hall–Kier alpha value is -3.21. The monoisotopic (exact) mass is 763 g/mol. The molecule has 0 unspecified atom stereocenters. The Morgan fingerprint density at radius 3 is 2.40 bits per heavy atom. The van der Waals surface area contributed by atoms with E-state index in [2.05, 4.69) is 71.5 Å². The molecule has 2 N–H and O–H groups in total. The third-order valence-electron chi connectivity index (χ3n) is 12.0. The highest BCUT2D eigenvalue weighted by Gasteiger charge is 2.47. The molecular formula is C45H70N4O6. The fourth-order valence-electron chi connectivity index (χ4n) is 8.16. The minimum Gasteiger partial charge on any atom is -0.462 e. The Morgan fingerprint density at radius 1 is 1.04 bits per heavy atom. The van der Waals surface area contributed by atoms with Crippen molar-refractivity contribution >= 4 is 18.0 Å². The number of hydrogen-bond acceptors (Lipinski definition) is 9. The minimum absolute atomic E-state index is 0.0589. The number of H-pyrrole nitrogens is 1. The number of nitrogens with zero attached hydrogens (tertiary/aromatic N) is 2. The van der Waals surface area contributed by atoms with E-state index in [4.69, 9.17) is 18.9 Å². The van der Waals surface area contributed by atoms with Crippen LogP contribution in [0.3, 0.4) is 0 Å². The van der Waals surface area contributed by atoms with E-state index in [1.807, 2.05) is 55.4 Å². The van der Waals surface area contributed by atoms with Gasteiger partial charge >= 0.3 is 11.9 Å². The molecule has 4 heterocycles. The lowest BCUT2D eigenvalue weighted by Gasteiger charge is -2.45. The summed E-state index contributed by atoms with van der Waals surface area (Å²) in [5.74, 6) is -0.298. The SMILES string of the molecule is Cc1cc(/C=C/CCN2CCCC3(CCNCC3)C2)ccc1Cc1c(O[C@@H]2O[C@H](COC(=O)C(C)(C)C)[C@@H](OC(=O)C(C)(C)C)[C@H](C)[C@H]2C)n[nH]c1C(C)C. The van der Waals surface area contributed by atoms with Gasteiger partial charge in [-0.25, -0.2) is 0 Å². The molecule has 2 aromatic rings. The molecule has 5 rings (SSSR count). The lowest BCUT2D eigenvalue weighted by molar-refractivity contribution is -0.252. The van der Waals surface area contributed by atoms with E-state index in [1.165, 1.54) is 68.6 Å². The summed E-state index contributed by atoms with van der Waals surface area (Å²) in [6.07, 6.45) is 9.60. The first-order valence-corrected chi connectivity index (χ1v) is 20.8. The Kier molecular flexibility index (Phi) is 14.0. The van der Waals surface area contributed by atoms with Crippen molar-refractivity contribution in [1.82, 2.24) is 20.4 Å². The number of aromatic nitrogens is 2. The lowest BCUT2D eigenvalue weighted by atomic mass is 9.73. The molecule has 306 valence electrons. The second-order valence-electron chi connectivity index (χ2n) is 19.1. The van der Waals surface area contributed by atoms with Crippen LogP contribution in [0.25, 0.3) is 6.08 Å². The average molecular weight is 763 g/mol. The predicted octanol–water partition coefficient (Wildman–Crippen LogP) is 8.22. The third-order valence-corrected chi connectivity index (χ3v) is 12.0. The second-order valence-corrected chi connectivity index (χ2v) is 19.1. The smallest absolute Gasteiger partial charge is 0.311 e. The van der Waals surface area contributed by atoms with Crippen LogP contribution >= 0.6 is 0 Å². The molecular weight excluding hydrogens is 693 g/mol. The maximum Gasteiger partial charge on any atom is 0.311 e. The number of rotatable bonds is 12. The highest BCUT2D eigenvalue weighted by Crippen LogP contribution is 2.39. The molecule has 3 aliphatic rings. The largest absolute Gasteiger partial charge is 0.462 e. The summed E-state index contributed by atoms with van der Waals surface area (Å²) in [6.45, 7) is 27.3. The van der Waals surface area contributed by atoms with E-state index in [1.54, 1.807) is 0 Å². The van der Waals surface area contributed by atoms with E-state index < -0.39 is 29.3 Å². The first-order chi connectivity index (χ1) is 25.9. The molecule has 3 aliphatic heterocycles. The normalized spacial score (nSPS) is 25.1. The van der Waals surface area contributed by atoms with E-state index in [-0.39, 0.29) is 36.3 Å². The molecule has 0 amide bonds. The lowest BCUT2D eigenvalue weighted by Crippen LogP contribution is -2.55. The van der Waals surface area contributed by atoms with Crippen LogP contribution in [0.15, 0.2) is 24.3 Å². The maximum absolute atomic E-state index is 13.1. The molecule has 10 heteroatoms. The van der Waals surface area contributed by atoms with Crippen molar-refractivity contribution in [2.24, 2.45) is 28.1 Å². The second kappa shape index (κ2) is 17.9. The number of carbonyl (C=O) groups excluding carboxylic acids is 2. The van der Waals surface area contributed by atoms with Gasteiger partial charge in [0.2, 0.25) is 12.2 Å². The van der Waals surface area contributed by atoms with Crippen LogP contribution in [0.1, 0.15) is 135 Å². The molecule has 1 aromatic heterocycles. The average Bonchev–Trinajstić information content (AvgIpc) is 3.51. The molecule has 0 saturated carbocycles. The van der Waals surface area contributed by atoms with E-state index in [9.17, 15) is 9.59 Å². The summed E-state index contributed by atoms with van der Waals surface area (Å²) in [5.41, 5.74) is 4.80. The number of nitrogens with one attached hydrogen (secondary N) is 2. The van der Waals surface area contributed by atoms with Gasteiger partial charge in [0.25, 0.3) is 0 Å². The van der Waals surface area contributed by atoms with Crippen molar-refractivity contribution in [3.8, 4) is 5.88 Å². The Morgan fingerprint density at radius 2 is 1.75 bits per heavy atom. The number of piperidine rings is 2. The number of likely N-dealkylation sites (tertiary alicyclic amines) is 1. The van der Waals surface area contributed by atoms with Crippen molar-refractivity contribution in [3.05, 3.63) is 52.2 Å². The summed E-state index contributed by atoms with van der Waals surface area (Å²) in [5, 5.41) is 11.5. The summed E-state index contributed by atoms with van der Waals surface area (Å²) in [6, 6.07) is 6.69. The zero-order valence-corrected chi connectivity index (χ0v) is 35.7. The quantitative estimate of drug-likeness (QED) is 0.207. The highest BCUT2D eigenvalue weighted by molar-refractivity contribution is 5.76. The third kappa shape index (κ3) is 11.0. The summed E-state index contributed by atoms with van der Waals surface area (Å²) in [4.78, 5) is 28.5. The van der Waals surface area contributed by atoms with Crippen molar-refractivity contribution in [1.29, 1.82) is 0 Å². The van der Waals surface area contributed by atoms with Crippen LogP contribution < -0.4 is 10.1 Å². The fraction of sp³-hybridized carbons (Fsp3) is 0.711. The van der Waals surface area contributed by atoms with Gasteiger partial charge in [0.15, 0.2) is 0 Å². The number of aromatic amines is 1. The molecule has 1 aromatic carbocycles. The fourth-order valence-corrected chi connectivity index (χ4v) is 8.16. The van der Waals surface area contributed by atoms with Gasteiger partial charge in [0, 0.05) is 42.6 Å². The number of carbonyl (C=O) groups is 2. The Bertz CT molecular complexity index is 1620. The van der Waals surface area contributed by atoms with E-state index in [0.29, 0.717) is 17.7 Å². The van der Waals surface area contributed by atoms with Gasteiger partial charge in [-0.15, -0.1) is 5.10 Å². The Balaban J connectivity index is 1.27. The van der Waals surface area contributed by atoms with Crippen molar-refractivity contribution in [2.75, 3.05) is 39.3 Å². The standard InChI is InChI=1S/C45H70N4O6/c1-29(2)37-35(26-34-17-16-33(25-30(34)3)15-12-13-23-49-24-14-18-45(28-49)19-21-46-22-20-45)39(48-47-37)55-40-32(5)31(4)38(54-42(51)44(9,10)11)36(53-40)27-52-41(50)43(6,7)8/h12,15-17,25,29,31-32,36,38,40,46H,13-14,18-24,26-28H2,1-11H3,(H,47,48)/b15-12+/t31-,32-,36-,38+,40+/m1/s1. The number of benzene rings is 1. The number of hydrogen-bond donors (Lipinski definition) is 2. The van der Waals surface area contributed by atoms with Crippen molar-refractivity contribution in [3.63, 3.8) is 0 Å². The van der Waals surface area contributed by atoms with E-state index in [0.717, 1.165) is 24.2 Å². The maximum atomic E-state index is 13.1. The zero-order chi connectivity index (χ0) is 40.1. The van der Waals surface area contributed by atoms with Gasteiger partial charge in [-0.2, -0.15) is 0 Å². The molecule has 55 heavy (non-hydrogen) atoms. The summed E-state index contributed by atoms with van der Waals surface area (Å²) < 4.78 is 25.0. The van der Waals surface area contributed by atoms with Crippen LogP contribution in [0.2, 0.25) is 0 Å². The molecule has 1 spiro atoms. The number of aryl methyl sites for hydroxylation is 1. The van der Waals surface area contributed by atoms with Crippen LogP contribution in [-0.4, -0.2) is 84.9 Å². The molecule has 0 aliphatic carbocycles. The van der Waals surface area contributed by atoms with Crippen LogP contribution in [-0.2, 0) is 30.2 Å². The van der Waals surface area contributed by atoms with Gasteiger partial charge in [-0.3, -0.25) is 14.7 Å². The van der Waals surface area contributed by atoms with Gasteiger partial charge in [0.05, 0.1) is 10.8 Å². The first kappa shape index (κ1) is 42.9. The zero-order valence-electron chi connectivity index (χ0n) is 35.7. The van der Waals surface area contributed by atoms with Crippen molar-refractivity contribution in [2.45, 2.75) is 139 Å². The van der Waals surface area contributed by atoms with Gasteiger partial charge in [0.1, 0.15) is 18.8 Å². The summed E-state index contributed by atoms with van der Waals surface area (Å²) in [7, 11) is 0. The molecule has 10 nitrogen and oxygen atoms in total. The number of ether oxygens (including phenoxy) is 4. The molecule has 3 fully saturated rings. The molecule has 5 atom stereocenters. The molecule has 0 bridgehead atoms. The first-order valence-electron chi connectivity index (χ1n) is 20.8. The van der Waals surface area contributed by atoms with Crippen LogP contribution in [0, 0.1) is 35.0 Å². The van der Waals surface area contributed by atoms with Crippen LogP contribution in [0.4, 0.5) is 0 Å². The summed E-state index contributed by atoms with van der Waals surface area (Å²) >= 11 is 0. The molecule has 3 saturated heterocycles. The van der Waals surface area contributed by atoms with Crippen LogP contribution in [0.5, 0.6) is 5.88 Å². The van der Waals surface area contributed by atoms with Gasteiger partial charge < -0.3 is 29.2 Å². The van der Waals surface area contributed by atoms with E-state index >= 15 is 0 Å². The minimum atomic E-state index is -0.713. The topological polar surface area (TPSA) is 115 Å². The van der Waals surface area contributed by atoms with Gasteiger partial charge in [-0.1, -0.05) is 58.0 Å². The van der Waals surface area contributed by atoms with Crippen molar-refractivity contribution < 1.29 is 28.5 Å².